The first kappa shape index (κ1) is 25.4. The van der Waals surface area contributed by atoms with Crippen LogP contribution in [0, 0.1) is 11.7 Å². The lowest BCUT2D eigenvalue weighted by Crippen LogP contribution is -2.47. The lowest BCUT2D eigenvalue weighted by Gasteiger charge is -2.28. The van der Waals surface area contributed by atoms with Crippen LogP contribution in [-0.4, -0.2) is 38.7 Å². The van der Waals surface area contributed by atoms with Gasteiger partial charge in [0, 0.05) is 23.5 Å². The van der Waals surface area contributed by atoms with Gasteiger partial charge >= 0.3 is 0 Å². The van der Waals surface area contributed by atoms with Crippen LogP contribution >= 0.6 is 0 Å². The number of carbonyl (C=O) groups excluding carboxylic acids is 2. The van der Waals surface area contributed by atoms with Gasteiger partial charge in [0.15, 0.2) is 0 Å². The fourth-order valence-electron chi connectivity index (χ4n) is 5.65. The minimum absolute atomic E-state index is 0.0301. The number of fused-ring (bicyclic) bond motifs is 1. The van der Waals surface area contributed by atoms with Crippen molar-refractivity contribution < 1.29 is 14.0 Å². The molecule has 1 saturated heterocycles. The number of carbonyl (C=O) groups is 2. The van der Waals surface area contributed by atoms with Gasteiger partial charge in [-0.05, 0) is 73.0 Å². The molecular formula is C32H28FN5O2. The van der Waals surface area contributed by atoms with Crippen LogP contribution in [0.4, 0.5) is 10.1 Å². The number of hydrogen-bond donors (Lipinski definition) is 1. The highest BCUT2D eigenvalue weighted by Gasteiger charge is 2.48. The highest BCUT2D eigenvalue weighted by molar-refractivity contribution is 6.02. The highest BCUT2D eigenvalue weighted by Crippen LogP contribution is 2.36. The van der Waals surface area contributed by atoms with E-state index in [1.54, 1.807) is 41.3 Å². The van der Waals surface area contributed by atoms with Gasteiger partial charge in [-0.2, -0.15) is 5.10 Å². The van der Waals surface area contributed by atoms with Gasteiger partial charge < -0.3 is 10.2 Å². The molecule has 7 nitrogen and oxygen atoms in total. The Morgan fingerprint density at radius 3 is 2.45 bits per heavy atom. The molecule has 3 heterocycles. The minimum Gasteiger partial charge on any atom is -0.346 e. The van der Waals surface area contributed by atoms with Gasteiger partial charge in [0.2, 0.25) is 5.91 Å². The molecular weight excluding hydrogens is 505 g/mol. The largest absolute Gasteiger partial charge is 0.346 e. The zero-order chi connectivity index (χ0) is 27.6. The Morgan fingerprint density at radius 1 is 0.950 bits per heavy atom. The molecule has 2 aromatic heterocycles. The van der Waals surface area contributed by atoms with Gasteiger partial charge in [-0.15, -0.1) is 0 Å². The SMILES string of the molecule is CC[C@@H]1[C@@H](NC(=O)c2cccnc2)[C@H](Cc2ccccc2)C(=O)N1c1ccc2c(cnn2-c2ccc(F)cc2)c1. The molecule has 3 aromatic carbocycles. The van der Waals surface area contributed by atoms with Crippen molar-refractivity contribution in [2.24, 2.45) is 5.92 Å². The number of halogens is 1. The number of hydrogen-bond acceptors (Lipinski definition) is 4. The Labute approximate surface area is 231 Å². The Balaban J connectivity index is 1.36. The van der Waals surface area contributed by atoms with Crippen LogP contribution in [-0.2, 0) is 11.2 Å². The summed E-state index contributed by atoms with van der Waals surface area (Å²) in [5.41, 5.74) is 3.83. The molecule has 1 aliphatic rings. The smallest absolute Gasteiger partial charge is 0.253 e. The van der Waals surface area contributed by atoms with Crippen LogP contribution in [0.2, 0.25) is 0 Å². The third kappa shape index (κ3) is 4.73. The number of nitrogens with zero attached hydrogens (tertiary/aromatic N) is 4. The Kier molecular flexibility index (Phi) is 6.82. The van der Waals surface area contributed by atoms with Crippen molar-refractivity contribution in [3.8, 4) is 5.69 Å². The second-order valence-electron chi connectivity index (χ2n) is 10.00. The summed E-state index contributed by atoms with van der Waals surface area (Å²) in [4.78, 5) is 33.2. The Bertz CT molecular complexity index is 1650. The van der Waals surface area contributed by atoms with Gasteiger partial charge in [-0.3, -0.25) is 14.6 Å². The number of nitrogens with one attached hydrogen (secondary N) is 1. The molecule has 5 aromatic rings. The molecule has 1 N–H and O–H groups in total. The molecule has 1 aliphatic heterocycles. The van der Waals surface area contributed by atoms with Crippen LogP contribution in [0.25, 0.3) is 16.6 Å². The topological polar surface area (TPSA) is 80.1 Å². The maximum atomic E-state index is 14.1. The summed E-state index contributed by atoms with van der Waals surface area (Å²) in [5, 5.41) is 8.54. The summed E-state index contributed by atoms with van der Waals surface area (Å²) in [6, 6.07) is 24.6. The zero-order valence-corrected chi connectivity index (χ0v) is 21.9. The number of anilines is 1. The first-order chi connectivity index (χ1) is 19.5. The van der Waals surface area contributed by atoms with E-state index in [0.717, 1.165) is 27.8 Å². The molecule has 2 amide bonds. The van der Waals surface area contributed by atoms with Crippen LogP contribution in [0.15, 0.2) is 104 Å². The van der Waals surface area contributed by atoms with E-state index >= 15 is 0 Å². The van der Waals surface area contributed by atoms with Crippen LogP contribution in [0.5, 0.6) is 0 Å². The normalized spacial score (nSPS) is 18.8. The number of pyridine rings is 1. The average Bonchev–Trinajstić information content (AvgIpc) is 3.52. The molecule has 0 radical (unpaired) electrons. The lowest BCUT2D eigenvalue weighted by molar-refractivity contribution is -0.120. The first-order valence-corrected chi connectivity index (χ1v) is 13.3. The molecule has 0 saturated carbocycles. The van der Waals surface area contributed by atoms with E-state index in [0.29, 0.717) is 18.4 Å². The molecule has 8 heteroatoms. The Hall–Kier alpha value is -4.85. The molecule has 3 atom stereocenters. The first-order valence-electron chi connectivity index (χ1n) is 13.3. The number of aromatic nitrogens is 3. The predicted molar refractivity (Wildman–Crippen MR) is 152 cm³/mol. The maximum absolute atomic E-state index is 14.1. The van der Waals surface area contributed by atoms with Crippen LogP contribution < -0.4 is 10.2 Å². The summed E-state index contributed by atoms with van der Waals surface area (Å²) in [6.45, 7) is 2.03. The number of amides is 2. The summed E-state index contributed by atoms with van der Waals surface area (Å²) >= 11 is 0. The fourth-order valence-corrected chi connectivity index (χ4v) is 5.65. The Morgan fingerprint density at radius 2 is 1.73 bits per heavy atom. The summed E-state index contributed by atoms with van der Waals surface area (Å²) in [7, 11) is 0. The quantitative estimate of drug-likeness (QED) is 0.306. The van der Waals surface area contributed by atoms with E-state index in [9.17, 15) is 14.0 Å². The maximum Gasteiger partial charge on any atom is 0.253 e. The molecule has 0 bridgehead atoms. The third-order valence-electron chi connectivity index (χ3n) is 7.57. The lowest BCUT2D eigenvalue weighted by atomic mass is 9.90. The second kappa shape index (κ2) is 10.7. The van der Waals surface area contributed by atoms with Gasteiger partial charge in [-0.25, -0.2) is 9.07 Å². The summed E-state index contributed by atoms with van der Waals surface area (Å²) in [6.07, 6.45) is 6.06. The highest BCUT2D eigenvalue weighted by atomic mass is 19.1. The fraction of sp³-hybridized carbons (Fsp3) is 0.188. The van der Waals surface area contributed by atoms with Crippen molar-refractivity contribution in [1.29, 1.82) is 0 Å². The van der Waals surface area contributed by atoms with Crippen molar-refractivity contribution >= 4 is 28.4 Å². The molecule has 0 unspecified atom stereocenters. The van der Waals surface area contributed by atoms with E-state index in [4.69, 9.17) is 0 Å². The zero-order valence-electron chi connectivity index (χ0n) is 21.9. The summed E-state index contributed by atoms with van der Waals surface area (Å²) < 4.78 is 15.2. The average molecular weight is 534 g/mol. The van der Waals surface area contributed by atoms with Crippen LogP contribution in [0.1, 0.15) is 29.3 Å². The van der Waals surface area contributed by atoms with Crippen molar-refractivity contribution in [2.45, 2.75) is 31.8 Å². The monoisotopic (exact) mass is 533 g/mol. The van der Waals surface area contributed by atoms with Crippen molar-refractivity contribution in [3.05, 3.63) is 120 Å². The third-order valence-corrected chi connectivity index (χ3v) is 7.57. The molecule has 1 fully saturated rings. The van der Waals surface area contributed by atoms with E-state index < -0.39 is 12.0 Å². The van der Waals surface area contributed by atoms with Gasteiger partial charge in [0.25, 0.3) is 5.91 Å². The van der Waals surface area contributed by atoms with Crippen molar-refractivity contribution in [2.75, 3.05) is 4.90 Å². The van der Waals surface area contributed by atoms with Gasteiger partial charge in [-0.1, -0.05) is 37.3 Å². The number of benzene rings is 3. The van der Waals surface area contributed by atoms with Crippen molar-refractivity contribution in [1.82, 2.24) is 20.1 Å². The molecule has 0 aliphatic carbocycles. The van der Waals surface area contributed by atoms with Crippen LogP contribution in [0.3, 0.4) is 0 Å². The van der Waals surface area contributed by atoms with Crippen molar-refractivity contribution in [3.63, 3.8) is 0 Å². The molecule has 6 rings (SSSR count). The molecule has 40 heavy (non-hydrogen) atoms. The van der Waals surface area contributed by atoms with Gasteiger partial charge in [0.05, 0.1) is 41.0 Å². The van der Waals surface area contributed by atoms with Gasteiger partial charge in [0.1, 0.15) is 5.82 Å². The van der Waals surface area contributed by atoms with E-state index in [1.807, 2.05) is 60.4 Å². The summed E-state index contributed by atoms with van der Waals surface area (Å²) in [5.74, 6) is -1.03. The minimum atomic E-state index is -0.439. The molecule has 0 spiro atoms. The standard InChI is InChI=1S/C32H28FN5O2/c1-2-28-30(36-31(39)22-9-6-16-34-19-22)27(17-21-7-4-3-5-8-21)32(40)37(28)26-14-15-29-23(18-26)20-35-38(29)25-12-10-24(33)11-13-25/h3-16,18-20,27-28,30H,2,17H2,1H3,(H,36,39)/t27-,28+,30-/m0/s1. The number of rotatable bonds is 7. The van der Waals surface area contributed by atoms with E-state index in [-0.39, 0.29) is 23.7 Å². The van der Waals surface area contributed by atoms with E-state index in [2.05, 4.69) is 15.4 Å². The van der Waals surface area contributed by atoms with E-state index in [1.165, 1.54) is 18.3 Å². The second-order valence-corrected chi connectivity index (χ2v) is 10.00. The molecule has 200 valence electrons. The predicted octanol–water partition coefficient (Wildman–Crippen LogP) is 5.34.